The van der Waals surface area contributed by atoms with Gasteiger partial charge in [-0.1, -0.05) is 6.92 Å². The molecule has 0 spiro atoms. The summed E-state index contributed by atoms with van der Waals surface area (Å²) in [5, 5.41) is 14.0. The molecule has 0 aromatic heterocycles. The second-order valence-corrected chi connectivity index (χ2v) is 6.55. The number of carboxylic acid groups (broad SMARTS) is 1. The van der Waals surface area contributed by atoms with E-state index in [1.54, 1.807) is 11.8 Å². The molecule has 0 saturated carbocycles. The summed E-state index contributed by atoms with van der Waals surface area (Å²) >= 11 is 0. The summed E-state index contributed by atoms with van der Waals surface area (Å²) in [4.78, 5) is 12.3. The number of sulfonamides is 1. The van der Waals surface area contributed by atoms with Gasteiger partial charge in [-0.25, -0.2) is 17.9 Å². The van der Waals surface area contributed by atoms with Gasteiger partial charge in [0.05, 0.1) is 16.5 Å². The molecule has 6 nitrogen and oxygen atoms in total. The second-order valence-electron chi connectivity index (χ2n) is 4.99. The quantitative estimate of drug-likeness (QED) is 0.853. The number of hydrogen-bond donors (Lipinski definition) is 2. The Morgan fingerprint density at radius 1 is 1.45 bits per heavy atom. The molecule has 20 heavy (non-hydrogen) atoms. The largest absolute Gasteiger partial charge is 0.481 e. The number of hydrogen-bond acceptors (Lipinski definition) is 4. The number of carboxylic acids is 1. The van der Waals surface area contributed by atoms with Gasteiger partial charge in [0.1, 0.15) is 5.82 Å². The summed E-state index contributed by atoms with van der Waals surface area (Å²) in [6, 6.07) is 3.38. The van der Waals surface area contributed by atoms with Crippen LogP contribution in [0.25, 0.3) is 0 Å². The first kappa shape index (κ1) is 14.7. The lowest BCUT2D eigenvalue weighted by molar-refractivity contribution is -0.142. The van der Waals surface area contributed by atoms with Gasteiger partial charge in [-0.15, -0.1) is 0 Å². The zero-order valence-electron chi connectivity index (χ0n) is 10.8. The third kappa shape index (κ3) is 2.75. The molecule has 2 atom stereocenters. The molecule has 0 amide bonds. The van der Waals surface area contributed by atoms with Crippen LogP contribution in [0.15, 0.2) is 23.1 Å². The van der Waals surface area contributed by atoms with Crippen molar-refractivity contribution in [1.82, 2.24) is 0 Å². The van der Waals surface area contributed by atoms with E-state index in [-0.39, 0.29) is 23.0 Å². The first-order valence-electron chi connectivity index (χ1n) is 6.00. The zero-order chi connectivity index (χ0) is 15.1. The molecule has 1 aliphatic rings. The van der Waals surface area contributed by atoms with Crippen LogP contribution in [-0.2, 0) is 14.8 Å². The molecule has 1 saturated heterocycles. The van der Waals surface area contributed by atoms with Gasteiger partial charge in [0.2, 0.25) is 10.0 Å². The lowest BCUT2D eigenvalue weighted by Gasteiger charge is -2.19. The predicted molar refractivity (Wildman–Crippen MR) is 70.3 cm³/mol. The normalized spacial score (nSPS) is 23.1. The number of aliphatic carboxylic acids is 1. The molecule has 1 aliphatic heterocycles. The number of nitrogens with two attached hydrogens (primary N) is 1. The van der Waals surface area contributed by atoms with Crippen molar-refractivity contribution in [1.29, 1.82) is 0 Å². The molecule has 1 aromatic rings. The van der Waals surface area contributed by atoms with Crippen LogP contribution in [-0.4, -0.2) is 32.6 Å². The lowest BCUT2D eigenvalue weighted by atomic mass is 9.99. The van der Waals surface area contributed by atoms with Gasteiger partial charge in [-0.05, 0) is 24.1 Å². The van der Waals surface area contributed by atoms with Crippen LogP contribution < -0.4 is 10.0 Å². The van der Waals surface area contributed by atoms with Crippen LogP contribution in [0.5, 0.6) is 0 Å². The highest BCUT2D eigenvalue weighted by Gasteiger charge is 2.35. The Hall–Kier alpha value is -1.67. The molecule has 0 unspecified atom stereocenters. The summed E-state index contributed by atoms with van der Waals surface area (Å²) in [6.45, 7) is 2.39. The Bertz CT molecular complexity index is 647. The van der Waals surface area contributed by atoms with Crippen molar-refractivity contribution < 1.29 is 22.7 Å². The topological polar surface area (TPSA) is 101 Å². The highest BCUT2D eigenvalue weighted by atomic mass is 32.2. The van der Waals surface area contributed by atoms with E-state index >= 15 is 0 Å². The summed E-state index contributed by atoms with van der Waals surface area (Å²) in [6.07, 6.45) is 0. The number of halogens is 1. The lowest BCUT2D eigenvalue weighted by Crippen LogP contribution is -2.24. The minimum atomic E-state index is -3.95. The van der Waals surface area contributed by atoms with E-state index in [0.29, 0.717) is 6.54 Å². The average Bonchev–Trinajstić information content (AvgIpc) is 2.69. The fourth-order valence-corrected chi connectivity index (χ4v) is 2.93. The Morgan fingerprint density at radius 3 is 2.55 bits per heavy atom. The van der Waals surface area contributed by atoms with E-state index < -0.39 is 27.7 Å². The van der Waals surface area contributed by atoms with Gasteiger partial charge in [-0.2, -0.15) is 0 Å². The number of carbonyl (C=O) groups is 1. The van der Waals surface area contributed by atoms with Gasteiger partial charge >= 0.3 is 5.97 Å². The molecular formula is C12H15FN2O4S. The molecule has 3 N–H and O–H groups in total. The SMILES string of the molecule is C[C@@H]1CN(c2ccc(S(N)(=O)=O)cc2F)C[C@H]1C(=O)O. The number of anilines is 1. The minimum Gasteiger partial charge on any atom is -0.481 e. The highest BCUT2D eigenvalue weighted by Crippen LogP contribution is 2.30. The Kier molecular flexibility index (Phi) is 3.70. The second kappa shape index (κ2) is 5.02. The van der Waals surface area contributed by atoms with E-state index in [1.165, 1.54) is 12.1 Å². The fourth-order valence-electron chi connectivity index (χ4n) is 2.41. The number of nitrogens with zero attached hydrogens (tertiary/aromatic N) is 1. The van der Waals surface area contributed by atoms with E-state index in [1.807, 2.05) is 0 Å². The van der Waals surface area contributed by atoms with Crippen LogP contribution in [0.4, 0.5) is 10.1 Å². The smallest absolute Gasteiger partial charge is 0.308 e. The van der Waals surface area contributed by atoms with Gasteiger partial charge < -0.3 is 10.0 Å². The molecule has 0 radical (unpaired) electrons. The first-order chi connectivity index (χ1) is 9.20. The summed E-state index contributed by atoms with van der Waals surface area (Å²) in [5.41, 5.74) is 0.188. The van der Waals surface area contributed by atoms with Gasteiger partial charge in [0.25, 0.3) is 0 Å². The van der Waals surface area contributed by atoms with Gasteiger partial charge in [0, 0.05) is 13.1 Å². The molecule has 1 fully saturated rings. The molecule has 8 heteroatoms. The van der Waals surface area contributed by atoms with Crippen molar-refractivity contribution in [3.63, 3.8) is 0 Å². The van der Waals surface area contributed by atoms with Crippen molar-refractivity contribution in [2.45, 2.75) is 11.8 Å². The Morgan fingerprint density at radius 2 is 2.10 bits per heavy atom. The summed E-state index contributed by atoms with van der Waals surface area (Å²) < 4.78 is 36.2. The van der Waals surface area contributed by atoms with Crippen LogP contribution in [0.1, 0.15) is 6.92 Å². The molecule has 1 aromatic carbocycles. The van der Waals surface area contributed by atoms with Crippen molar-refractivity contribution in [2.75, 3.05) is 18.0 Å². The van der Waals surface area contributed by atoms with Crippen molar-refractivity contribution in [3.05, 3.63) is 24.0 Å². The average molecular weight is 302 g/mol. The van der Waals surface area contributed by atoms with Crippen molar-refractivity contribution in [2.24, 2.45) is 17.0 Å². The molecule has 110 valence electrons. The highest BCUT2D eigenvalue weighted by molar-refractivity contribution is 7.89. The van der Waals surface area contributed by atoms with E-state index in [9.17, 15) is 17.6 Å². The van der Waals surface area contributed by atoms with Gasteiger partial charge in [-0.3, -0.25) is 4.79 Å². The Balaban J connectivity index is 2.30. The van der Waals surface area contributed by atoms with Crippen molar-refractivity contribution >= 4 is 21.7 Å². The molecule has 1 heterocycles. The maximum atomic E-state index is 14.0. The summed E-state index contributed by atoms with van der Waals surface area (Å²) in [5.74, 6) is -2.31. The van der Waals surface area contributed by atoms with Crippen LogP contribution >= 0.6 is 0 Å². The molecular weight excluding hydrogens is 287 g/mol. The first-order valence-corrected chi connectivity index (χ1v) is 7.55. The van der Waals surface area contributed by atoms with E-state index in [0.717, 1.165) is 6.07 Å². The van der Waals surface area contributed by atoms with Crippen LogP contribution in [0.3, 0.4) is 0 Å². The fraction of sp³-hybridized carbons (Fsp3) is 0.417. The van der Waals surface area contributed by atoms with Gasteiger partial charge in [0.15, 0.2) is 0 Å². The molecule has 0 bridgehead atoms. The number of benzene rings is 1. The maximum absolute atomic E-state index is 14.0. The molecule has 0 aliphatic carbocycles. The van der Waals surface area contributed by atoms with E-state index in [2.05, 4.69) is 0 Å². The number of primary sulfonamides is 1. The predicted octanol–water partition coefficient (Wildman–Crippen LogP) is 0.630. The third-order valence-electron chi connectivity index (χ3n) is 3.52. The Labute approximate surface area is 116 Å². The maximum Gasteiger partial charge on any atom is 0.308 e. The number of rotatable bonds is 3. The van der Waals surface area contributed by atoms with E-state index in [4.69, 9.17) is 10.2 Å². The van der Waals surface area contributed by atoms with Crippen molar-refractivity contribution in [3.8, 4) is 0 Å². The standard InChI is InChI=1S/C12H15FN2O4S/c1-7-5-15(6-9(7)12(16)17)11-3-2-8(4-10(11)13)20(14,18)19/h2-4,7,9H,5-6H2,1H3,(H,16,17)(H2,14,18,19)/t7-,9-/m1/s1. The monoisotopic (exact) mass is 302 g/mol. The third-order valence-corrected chi connectivity index (χ3v) is 4.43. The minimum absolute atomic E-state index is 0.107. The van der Waals surface area contributed by atoms with Crippen LogP contribution in [0.2, 0.25) is 0 Å². The summed E-state index contributed by atoms with van der Waals surface area (Å²) in [7, 11) is -3.95. The van der Waals surface area contributed by atoms with Crippen LogP contribution in [0, 0.1) is 17.7 Å². The zero-order valence-corrected chi connectivity index (χ0v) is 11.6. The molecule has 2 rings (SSSR count).